The standard InChI is InChI=1S/C13H19N3O2/c1-9-3-4-10(11(17)15-9)12(18)16-13(2)5-7-14-8-6-13/h3-4,14H,5-8H2,1-2H3,(H,15,17)(H,16,18). The molecule has 0 radical (unpaired) electrons. The summed E-state index contributed by atoms with van der Waals surface area (Å²) >= 11 is 0. The number of aryl methyl sites for hydroxylation is 1. The van der Waals surface area contributed by atoms with Crippen molar-refractivity contribution in [3.63, 3.8) is 0 Å². The van der Waals surface area contributed by atoms with Crippen molar-refractivity contribution in [2.45, 2.75) is 32.2 Å². The first-order valence-corrected chi connectivity index (χ1v) is 6.23. The van der Waals surface area contributed by atoms with Gasteiger partial charge < -0.3 is 15.6 Å². The van der Waals surface area contributed by atoms with Crippen molar-refractivity contribution in [1.82, 2.24) is 15.6 Å². The number of piperidine rings is 1. The van der Waals surface area contributed by atoms with Crippen molar-refractivity contribution < 1.29 is 4.79 Å². The highest BCUT2D eigenvalue weighted by Crippen LogP contribution is 2.17. The number of aromatic nitrogens is 1. The largest absolute Gasteiger partial charge is 0.347 e. The van der Waals surface area contributed by atoms with Crippen LogP contribution in [0.2, 0.25) is 0 Å². The van der Waals surface area contributed by atoms with Crippen molar-refractivity contribution >= 4 is 5.91 Å². The SMILES string of the molecule is Cc1ccc(C(=O)NC2(C)CCNCC2)c(=O)[nH]1. The van der Waals surface area contributed by atoms with Crippen molar-refractivity contribution in [3.05, 3.63) is 33.7 Å². The number of amides is 1. The summed E-state index contributed by atoms with van der Waals surface area (Å²) in [7, 11) is 0. The molecule has 1 fully saturated rings. The Hall–Kier alpha value is -1.62. The van der Waals surface area contributed by atoms with Crippen LogP contribution in [0.3, 0.4) is 0 Å². The predicted molar refractivity (Wildman–Crippen MR) is 69.8 cm³/mol. The molecule has 1 aliphatic heterocycles. The third-order valence-corrected chi connectivity index (χ3v) is 3.42. The van der Waals surface area contributed by atoms with E-state index in [0.717, 1.165) is 31.6 Å². The lowest BCUT2D eigenvalue weighted by molar-refractivity contribution is 0.0886. The molecule has 1 saturated heterocycles. The van der Waals surface area contributed by atoms with E-state index in [1.807, 2.05) is 6.92 Å². The number of carbonyl (C=O) groups is 1. The second-order valence-electron chi connectivity index (χ2n) is 5.15. The fraction of sp³-hybridized carbons (Fsp3) is 0.538. The molecule has 1 amide bonds. The average Bonchev–Trinajstić information content (AvgIpc) is 2.28. The number of carbonyl (C=O) groups excluding carboxylic acids is 1. The van der Waals surface area contributed by atoms with Gasteiger partial charge in [-0.2, -0.15) is 0 Å². The number of nitrogens with one attached hydrogen (secondary N) is 3. The lowest BCUT2D eigenvalue weighted by atomic mass is 9.90. The fourth-order valence-corrected chi connectivity index (χ4v) is 2.20. The quantitative estimate of drug-likeness (QED) is 0.717. The van der Waals surface area contributed by atoms with Crippen molar-refractivity contribution in [1.29, 1.82) is 0 Å². The van der Waals surface area contributed by atoms with Gasteiger partial charge in [0.2, 0.25) is 0 Å². The van der Waals surface area contributed by atoms with Crippen LogP contribution in [0.25, 0.3) is 0 Å². The van der Waals surface area contributed by atoms with Gasteiger partial charge >= 0.3 is 0 Å². The first kappa shape index (κ1) is 12.8. The fourth-order valence-electron chi connectivity index (χ4n) is 2.20. The monoisotopic (exact) mass is 249 g/mol. The van der Waals surface area contributed by atoms with E-state index in [4.69, 9.17) is 0 Å². The van der Waals surface area contributed by atoms with Crippen molar-refractivity contribution in [2.75, 3.05) is 13.1 Å². The molecule has 0 spiro atoms. The minimum absolute atomic E-state index is 0.181. The molecule has 1 aromatic heterocycles. The molecule has 1 aromatic rings. The van der Waals surface area contributed by atoms with E-state index in [2.05, 4.69) is 15.6 Å². The number of pyridine rings is 1. The molecule has 5 heteroatoms. The van der Waals surface area contributed by atoms with Crippen LogP contribution in [0.1, 0.15) is 35.8 Å². The Morgan fingerprint density at radius 2 is 2.00 bits per heavy atom. The molecule has 98 valence electrons. The van der Waals surface area contributed by atoms with Gasteiger partial charge in [-0.1, -0.05) is 0 Å². The molecule has 2 heterocycles. The summed E-state index contributed by atoms with van der Waals surface area (Å²) in [4.78, 5) is 26.4. The maximum absolute atomic E-state index is 12.1. The molecule has 0 aromatic carbocycles. The number of hydrogen-bond acceptors (Lipinski definition) is 3. The zero-order valence-electron chi connectivity index (χ0n) is 10.8. The van der Waals surface area contributed by atoms with Crippen molar-refractivity contribution in [2.24, 2.45) is 0 Å². The van der Waals surface area contributed by atoms with Crippen molar-refractivity contribution in [3.8, 4) is 0 Å². The summed E-state index contributed by atoms with van der Waals surface area (Å²) in [6, 6.07) is 3.31. The highest BCUT2D eigenvalue weighted by Gasteiger charge is 2.29. The van der Waals surface area contributed by atoms with Gasteiger partial charge in [0.25, 0.3) is 11.5 Å². The van der Waals surface area contributed by atoms with Gasteiger partial charge in [0, 0.05) is 11.2 Å². The Labute approximate surface area is 106 Å². The molecule has 1 aliphatic rings. The van der Waals surface area contributed by atoms with Gasteiger partial charge in [0.15, 0.2) is 0 Å². The summed E-state index contributed by atoms with van der Waals surface area (Å²) in [5, 5.41) is 6.23. The Kier molecular flexibility index (Phi) is 3.52. The molecular weight excluding hydrogens is 230 g/mol. The number of rotatable bonds is 2. The van der Waals surface area contributed by atoms with Crippen LogP contribution in [-0.2, 0) is 0 Å². The van der Waals surface area contributed by atoms with Gasteiger partial charge in [0.1, 0.15) is 5.56 Å². The van der Waals surface area contributed by atoms with E-state index in [-0.39, 0.29) is 22.6 Å². The summed E-state index contributed by atoms with van der Waals surface area (Å²) in [5.74, 6) is -0.291. The van der Waals surface area contributed by atoms with Gasteiger partial charge in [-0.3, -0.25) is 9.59 Å². The van der Waals surface area contributed by atoms with Gasteiger partial charge in [-0.25, -0.2) is 0 Å². The first-order valence-electron chi connectivity index (χ1n) is 6.23. The summed E-state index contributed by atoms with van der Waals surface area (Å²) < 4.78 is 0. The molecule has 0 bridgehead atoms. The van der Waals surface area contributed by atoms with Gasteiger partial charge in [-0.15, -0.1) is 0 Å². The molecule has 0 aliphatic carbocycles. The zero-order valence-corrected chi connectivity index (χ0v) is 10.8. The van der Waals surface area contributed by atoms with Crippen LogP contribution in [0.5, 0.6) is 0 Å². The zero-order chi connectivity index (χ0) is 13.2. The second-order valence-corrected chi connectivity index (χ2v) is 5.15. The maximum Gasteiger partial charge on any atom is 0.260 e. The molecule has 3 N–H and O–H groups in total. The molecule has 0 atom stereocenters. The normalized spacial score (nSPS) is 18.3. The van der Waals surface area contributed by atoms with E-state index < -0.39 is 0 Å². The molecule has 0 unspecified atom stereocenters. The number of aromatic amines is 1. The second kappa shape index (κ2) is 4.94. The van der Waals surface area contributed by atoms with E-state index in [0.29, 0.717) is 0 Å². The van der Waals surface area contributed by atoms with Crippen LogP contribution in [0.15, 0.2) is 16.9 Å². The molecule has 18 heavy (non-hydrogen) atoms. The Bertz CT molecular complexity index is 501. The van der Waals surface area contributed by atoms with E-state index in [1.54, 1.807) is 19.1 Å². The smallest absolute Gasteiger partial charge is 0.260 e. The summed E-state index contributed by atoms with van der Waals surface area (Å²) in [6.45, 7) is 5.59. The lowest BCUT2D eigenvalue weighted by Crippen LogP contribution is -2.53. The van der Waals surface area contributed by atoms with Crippen LogP contribution in [0, 0.1) is 6.92 Å². The van der Waals surface area contributed by atoms with Gasteiger partial charge in [-0.05, 0) is 51.9 Å². The van der Waals surface area contributed by atoms with Crippen LogP contribution in [0.4, 0.5) is 0 Å². The van der Waals surface area contributed by atoms with Gasteiger partial charge in [0.05, 0.1) is 0 Å². The third-order valence-electron chi connectivity index (χ3n) is 3.42. The molecular formula is C13H19N3O2. The van der Waals surface area contributed by atoms with Crippen LogP contribution < -0.4 is 16.2 Å². The third kappa shape index (κ3) is 2.79. The van der Waals surface area contributed by atoms with Crippen LogP contribution in [-0.4, -0.2) is 29.5 Å². The Balaban J connectivity index is 2.14. The number of hydrogen-bond donors (Lipinski definition) is 3. The van der Waals surface area contributed by atoms with Crippen LogP contribution >= 0.6 is 0 Å². The summed E-state index contributed by atoms with van der Waals surface area (Å²) in [6.07, 6.45) is 1.75. The Morgan fingerprint density at radius 3 is 2.61 bits per heavy atom. The predicted octanol–water partition coefficient (Wildman–Crippen LogP) is 0.555. The van der Waals surface area contributed by atoms with E-state index >= 15 is 0 Å². The minimum Gasteiger partial charge on any atom is -0.347 e. The Morgan fingerprint density at radius 1 is 1.33 bits per heavy atom. The highest BCUT2D eigenvalue weighted by molar-refractivity contribution is 5.94. The summed E-state index contributed by atoms with van der Waals surface area (Å²) in [5.41, 5.74) is 0.384. The van der Waals surface area contributed by atoms with E-state index in [1.165, 1.54) is 0 Å². The molecule has 2 rings (SSSR count). The molecule has 5 nitrogen and oxygen atoms in total. The maximum atomic E-state index is 12.1. The minimum atomic E-state index is -0.329. The lowest BCUT2D eigenvalue weighted by Gasteiger charge is -2.34. The average molecular weight is 249 g/mol. The molecule has 0 saturated carbocycles. The topological polar surface area (TPSA) is 74.0 Å². The number of H-pyrrole nitrogens is 1. The highest BCUT2D eigenvalue weighted by atomic mass is 16.2. The first-order chi connectivity index (χ1) is 8.50. The van der Waals surface area contributed by atoms with E-state index in [9.17, 15) is 9.59 Å².